The van der Waals surface area contributed by atoms with Crippen molar-refractivity contribution in [3.8, 4) is 0 Å². The Bertz CT molecular complexity index is 336. The first-order valence-corrected chi connectivity index (χ1v) is 8.49. The van der Waals surface area contributed by atoms with Gasteiger partial charge in [-0.2, -0.15) is 4.31 Å². The second-order valence-electron chi connectivity index (χ2n) is 5.19. The molecule has 5 heteroatoms. The van der Waals surface area contributed by atoms with Crippen molar-refractivity contribution in [1.82, 2.24) is 9.62 Å². The van der Waals surface area contributed by atoms with Crippen molar-refractivity contribution >= 4 is 10.0 Å². The number of rotatable bonds is 4. The molecule has 0 radical (unpaired) electrons. The zero-order valence-electron chi connectivity index (χ0n) is 10.7. The minimum atomic E-state index is -3.03. The molecule has 2 heterocycles. The predicted molar refractivity (Wildman–Crippen MR) is 69.4 cm³/mol. The van der Waals surface area contributed by atoms with E-state index >= 15 is 0 Å². The third-order valence-electron chi connectivity index (χ3n) is 3.88. The van der Waals surface area contributed by atoms with E-state index in [-0.39, 0.29) is 6.04 Å². The minimum absolute atomic E-state index is 0.211. The molecule has 2 aliphatic rings. The van der Waals surface area contributed by atoms with E-state index < -0.39 is 10.0 Å². The third kappa shape index (κ3) is 3.01. The lowest BCUT2D eigenvalue weighted by molar-refractivity contribution is 0.211. The third-order valence-corrected chi connectivity index (χ3v) is 5.97. The number of sulfonamides is 1. The summed E-state index contributed by atoms with van der Waals surface area (Å²) in [6.07, 6.45) is 6.24. The number of piperidine rings is 1. The van der Waals surface area contributed by atoms with Gasteiger partial charge in [-0.15, -0.1) is 0 Å². The van der Waals surface area contributed by atoms with Gasteiger partial charge in [-0.3, -0.25) is 0 Å². The van der Waals surface area contributed by atoms with Crippen LogP contribution in [0.2, 0.25) is 0 Å². The van der Waals surface area contributed by atoms with Crippen LogP contribution in [0.4, 0.5) is 0 Å². The van der Waals surface area contributed by atoms with Crippen LogP contribution in [-0.4, -0.2) is 43.6 Å². The summed E-state index contributed by atoms with van der Waals surface area (Å²) in [5.41, 5.74) is 0. The van der Waals surface area contributed by atoms with Gasteiger partial charge in [0.15, 0.2) is 0 Å². The highest BCUT2D eigenvalue weighted by molar-refractivity contribution is 7.89. The topological polar surface area (TPSA) is 49.4 Å². The summed E-state index contributed by atoms with van der Waals surface area (Å²) in [4.78, 5) is 0. The fourth-order valence-corrected chi connectivity index (χ4v) is 4.92. The molecule has 0 spiro atoms. The molecule has 0 aliphatic carbocycles. The van der Waals surface area contributed by atoms with Gasteiger partial charge in [0.2, 0.25) is 10.0 Å². The normalized spacial score (nSPS) is 31.8. The first-order valence-electron chi connectivity index (χ1n) is 6.88. The molecule has 0 bridgehead atoms. The van der Waals surface area contributed by atoms with Gasteiger partial charge >= 0.3 is 0 Å². The molecule has 100 valence electrons. The molecule has 0 aromatic carbocycles. The van der Waals surface area contributed by atoms with Gasteiger partial charge < -0.3 is 5.32 Å². The Labute approximate surface area is 105 Å². The van der Waals surface area contributed by atoms with E-state index in [0.717, 1.165) is 32.4 Å². The molecule has 0 aromatic rings. The zero-order valence-corrected chi connectivity index (χ0v) is 11.5. The molecular weight excluding hydrogens is 236 g/mol. The van der Waals surface area contributed by atoms with Crippen LogP contribution in [-0.2, 0) is 10.0 Å². The maximum absolute atomic E-state index is 12.3. The lowest BCUT2D eigenvalue weighted by Gasteiger charge is -2.38. The molecule has 17 heavy (non-hydrogen) atoms. The maximum Gasteiger partial charge on any atom is 0.214 e. The van der Waals surface area contributed by atoms with Gasteiger partial charge in [-0.25, -0.2) is 8.42 Å². The van der Waals surface area contributed by atoms with Crippen molar-refractivity contribution in [1.29, 1.82) is 0 Å². The second kappa shape index (κ2) is 5.67. The van der Waals surface area contributed by atoms with E-state index in [9.17, 15) is 8.42 Å². The quantitative estimate of drug-likeness (QED) is 0.829. The Morgan fingerprint density at radius 3 is 2.71 bits per heavy atom. The number of nitrogens with zero attached hydrogens (tertiary/aromatic N) is 1. The summed E-state index contributed by atoms with van der Waals surface area (Å²) >= 11 is 0. The molecule has 2 unspecified atom stereocenters. The van der Waals surface area contributed by atoms with Crippen LogP contribution in [0.3, 0.4) is 0 Å². The van der Waals surface area contributed by atoms with Crippen LogP contribution in [0.25, 0.3) is 0 Å². The Hall–Kier alpha value is -0.130. The van der Waals surface area contributed by atoms with Crippen molar-refractivity contribution < 1.29 is 8.42 Å². The summed E-state index contributed by atoms with van der Waals surface area (Å²) in [6.45, 7) is 3.71. The van der Waals surface area contributed by atoms with E-state index in [1.54, 1.807) is 4.31 Å². The summed E-state index contributed by atoms with van der Waals surface area (Å²) in [5, 5.41) is 3.46. The Balaban J connectivity index is 2.11. The SMILES string of the molecule is CCCS(=O)(=O)N1CCCCC1C1CCCN1. The van der Waals surface area contributed by atoms with Crippen molar-refractivity contribution in [2.45, 2.75) is 57.5 Å². The minimum Gasteiger partial charge on any atom is -0.312 e. The number of hydrogen-bond donors (Lipinski definition) is 1. The molecule has 2 atom stereocenters. The van der Waals surface area contributed by atoms with E-state index in [0.29, 0.717) is 18.2 Å². The molecule has 0 amide bonds. The van der Waals surface area contributed by atoms with Gasteiger partial charge in [0.05, 0.1) is 5.75 Å². The van der Waals surface area contributed by atoms with Crippen LogP contribution in [0.1, 0.15) is 45.4 Å². The highest BCUT2D eigenvalue weighted by Gasteiger charge is 2.37. The molecule has 4 nitrogen and oxygen atoms in total. The van der Waals surface area contributed by atoms with Crippen LogP contribution in [0.15, 0.2) is 0 Å². The maximum atomic E-state index is 12.3. The molecule has 0 saturated carbocycles. The number of hydrogen-bond acceptors (Lipinski definition) is 3. The van der Waals surface area contributed by atoms with Crippen molar-refractivity contribution in [3.05, 3.63) is 0 Å². The van der Waals surface area contributed by atoms with Gasteiger partial charge in [-0.05, 0) is 38.6 Å². The lowest BCUT2D eigenvalue weighted by Crippen LogP contribution is -2.53. The van der Waals surface area contributed by atoms with Gasteiger partial charge in [-0.1, -0.05) is 13.3 Å². The van der Waals surface area contributed by atoms with Crippen LogP contribution < -0.4 is 5.32 Å². The standard InChI is InChI=1S/C12H24N2O2S/c1-2-10-17(15,16)14-9-4-3-7-12(14)11-6-5-8-13-11/h11-13H,2-10H2,1H3. The summed E-state index contributed by atoms with van der Waals surface area (Å²) in [7, 11) is -3.03. The molecular formula is C12H24N2O2S. The predicted octanol–water partition coefficient (Wildman–Crippen LogP) is 1.33. The van der Waals surface area contributed by atoms with Crippen molar-refractivity contribution in [2.24, 2.45) is 0 Å². The highest BCUT2D eigenvalue weighted by atomic mass is 32.2. The highest BCUT2D eigenvalue weighted by Crippen LogP contribution is 2.26. The van der Waals surface area contributed by atoms with Crippen LogP contribution in [0.5, 0.6) is 0 Å². The summed E-state index contributed by atoms with van der Waals surface area (Å²) < 4.78 is 26.3. The van der Waals surface area contributed by atoms with Crippen molar-refractivity contribution in [2.75, 3.05) is 18.8 Å². The van der Waals surface area contributed by atoms with Crippen LogP contribution >= 0.6 is 0 Å². The van der Waals surface area contributed by atoms with Gasteiger partial charge in [0.25, 0.3) is 0 Å². The van der Waals surface area contributed by atoms with Crippen LogP contribution in [0, 0.1) is 0 Å². The Morgan fingerprint density at radius 2 is 2.06 bits per heavy atom. The number of nitrogens with one attached hydrogen (secondary N) is 1. The zero-order chi connectivity index (χ0) is 12.3. The molecule has 0 aromatic heterocycles. The van der Waals surface area contributed by atoms with E-state index in [1.165, 1.54) is 12.8 Å². The lowest BCUT2D eigenvalue weighted by atomic mass is 9.97. The van der Waals surface area contributed by atoms with Gasteiger partial charge in [0.1, 0.15) is 0 Å². The average molecular weight is 260 g/mol. The van der Waals surface area contributed by atoms with E-state index in [2.05, 4.69) is 5.32 Å². The smallest absolute Gasteiger partial charge is 0.214 e. The average Bonchev–Trinajstić information content (AvgIpc) is 2.82. The monoisotopic (exact) mass is 260 g/mol. The Morgan fingerprint density at radius 1 is 1.24 bits per heavy atom. The fourth-order valence-electron chi connectivity index (χ4n) is 3.09. The second-order valence-corrected chi connectivity index (χ2v) is 7.23. The first-order chi connectivity index (χ1) is 8.15. The van der Waals surface area contributed by atoms with Gasteiger partial charge in [0, 0.05) is 18.6 Å². The molecule has 2 saturated heterocycles. The molecule has 1 N–H and O–H groups in total. The van der Waals surface area contributed by atoms with E-state index in [1.807, 2.05) is 6.92 Å². The molecule has 2 fully saturated rings. The first kappa shape index (κ1) is 13.3. The molecule has 2 rings (SSSR count). The van der Waals surface area contributed by atoms with Crippen molar-refractivity contribution in [3.63, 3.8) is 0 Å². The summed E-state index contributed by atoms with van der Waals surface area (Å²) in [5.74, 6) is 0.302. The Kier molecular flexibility index (Phi) is 4.44. The molecule has 2 aliphatic heterocycles. The summed E-state index contributed by atoms with van der Waals surface area (Å²) in [6, 6.07) is 0.602. The van der Waals surface area contributed by atoms with E-state index in [4.69, 9.17) is 0 Å². The largest absolute Gasteiger partial charge is 0.312 e. The fraction of sp³-hybridized carbons (Fsp3) is 1.00.